The van der Waals surface area contributed by atoms with Crippen LogP contribution in [0.2, 0.25) is 0 Å². The van der Waals surface area contributed by atoms with Gasteiger partial charge in [0.05, 0.1) is 0 Å². The lowest BCUT2D eigenvalue weighted by Crippen LogP contribution is -2.41. The van der Waals surface area contributed by atoms with E-state index in [-0.39, 0.29) is 23.3 Å². The van der Waals surface area contributed by atoms with Gasteiger partial charge in [-0.15, -0.1) is 0 Å². The van der Waals surface area contributed by atoms with E-state index in [1.807, 2.05) is 0 Å². The highest BCUT2D eigenvalue weighted by atomic mass is 32.2. The minimum Gasteiger partial charge on any atom is -0.360 e. The van der Waals surface area contributed by atoms with Gasteiger partial charge in [-0.25, -0.2) is 12.8 Å². The molecule has 1 heterocycles. The van der Waals surface area contributed by atoms with Crippen LogP contribution >= 0.6 is 0 Å². The molecule has 2 aromatic rings. The van der Waals surface area contributed by atoms with Crippen LogP contribution in [0.4, 0.5) is 4.39 Å². The molecule has 5 nitrogen and oxygen atoms in total. The zero-order valence-electron chi connectivity index (χ0n) is 14.5. The van der Waals surface area contributed by atoms with Gasteiger partial charge < -0.3 is 4.52 Å². The molecule has 0 aliphatic heterocycles. The molecule has 1 aliphatic rings. The summed E-state index contributed by atoms with van der Waals surface area (Å²) in [6.45, 7) is 3.47. The SMILES string of the molecule is Cc1noc(C)c1S(=O)(=O)N(Cc1ccc(F)cc1)C1CCCCC1. The maximum atomic E-state index is 13.4. The van der Waals surface area contributed by atoms with Crippen molar-refractivity contribution in [2.75, 3.05) is 0 Å². The van der Waals surface area contributed by atoms with Crippen LogP contribution in [0.15, 0.2) is 33.7 Å². The third-order valence-electron chi connectivity index (χ3n) is 4.77. The Morgan fingerprint density at radius 3 is 2.36 bits per heavy atom. The summed E-state index contributed by atoms with van der Waals surface area (Å²) in [4.78, 5) is 0.153. The van der Waals surface area contributed by atoms with Gasteiger partial charge in [0.15, 0.2) is 5.76 Å². The van der Waals surface area contributed by atoms with Crippen molar-refractivity contribution in [1.29, 1.82) is 0 Å². The van der Waals surface area contributed by atoms with E-state index in [2.05, 4.69) is 5.16 Å². The van der Waals surface area contributed by atoms with Crippen molar-refractivity contribution in [2.45, 2.75) is 63.4 Å². The second-order valence-electron chi connectivity index (χ2n) is 6.62. The summed E-state index contributed by atoms with van der Waals surface area (Å²) in [5.41, 5.74) is 1.14. The maximum Gasteiger partial charge on any atom is 0.249 e. The summed E-state index contributed by atoms with van der Waals surface area (Å²) in [5.74, 6) is -0.0287. The van der Waals surface area contributed by atoms with E-state index in [1.165, 1.54) is 12.1 Å². The van der Waals surface area contributed by atoms with Crippen molar-refractivity contribution in [3.8, 4) is 0 Å². The third kappa shape index (κ3) is 3.77. The fourth-order valence-electron chi connectivity index (χ4n) is 3.51. The fraction of sp³-hybridized carbons (Fsp3) is 0.500. The Hall–Kier alpha value is -1.73. The molecular weight excluding hydrogens is 343 g/mol. The number of sulfonamides is 1. The number of aryl methyl sites for hydroxylation is 2. The van der Waals surface area contributed by atoms with E-state index in [1.54, 1.807) is 30.3 Å². The Bertz CT molecular complexity index is 805. The van der Waals surface area contributed by atoms with E-state index >= 15 is 0 Å². The number of benzene rings is 1. The van der Waals surface area contributed by atoms with Crippen molar-refractivity contribution in [2.24, 2.45) is 0 Å². The molecule has 1 aliphatic carbocycles. The molecule has 1 aromatic heterocycles. The van der Waals surface area contributed by atoms with E-state index in [4.69, 9.17) is 4.52 Å². The van der Waals surface area contributed by atoms with E-state index in [0.717, 1.165) is 37.7 Å². The van der Waals surface area contributed by atoms with Crippen LogP contribution < -0.4 is 0 Å². The number of halogens is 1. The Morgan fingerprint density at radius 2 is 1.80 bits per heavy atom. The van der Waals surface area contributed by atoms with Gasteiger partial charge >= 0.3 is 0 Å². The molecule has 1 saturated carbocycles. The molecule has 0 spiro atoms. The van der Waals surface area contributed by atoms with Crippen molar-refractivity contribution in [3.63, 3.8) is 0 Å². The molecule has 25 heavy (non-hydrogen) atoms. The second-order valence-corrected chi connectivity index (χ2v) is 8.45. The first-order valence-corrected chi connectivity index (χ1v) is 10.0. The predicted octanol–water partition coefficient (Wildman–Crippen LogP) is 3.95. The van der Waals surface area contributed by atoms with Gasteiger partial charge in [-0.2, -0.15) is 4.31 Å². The molecule has 136 valence electrons. The minimum absolute atomic E-state index is 0.0579. The molecule has 0 bridgehead atoms. The van der Waals surface area contributed by atoms with Gasteiger partial charge in [-0.1, -0.05) is 36.6 Å². The Labute approximate surface area is 147 Å². The third-order valence-corrected chi connectivity index (χ3v) is 6.91. The van der Waals surface area contributed by atoms with Crippen LogP contribution in [-0.4, -0.2) is 23.9 Å². The summed E-state index contributed by atoms with van der Waals surface area (Å²) in [6.07, 6.45) is 4.84. The average molecular weight is 366 g/mol. The molecule has 7 heteroatoms. The molecule has 0 unspecified atom stereocenters. The molecule has 0 radical (unpaired) electrons. The molecule has 0 saturated heterocycles. The highest BCUT2D eigenvalue weighted by Crippen LogP contribution is 2.31. The second kappa shape index (κ2) is 7.25. The van der Waals surface area contributed by atoms with Crippen LogP contribution in [0.3, 0.4) is 0 Å². The Morgan fingerprint density at radius 1 is 1.16 bits per heavy atom. The van der Waals surface area contributed by atoms with Crippen LogP contribution in [0.1, 0.15) is 49.1 Å². The lowest BCUT2D eigenvalue weighted by Gasteiger charge is -2.33. The first-order chi connectivity index (χ1) is 11.9. The molecule has 3 rings (SSSR count). The summed E-state index contributed by atoms with van der Waals surface area (Å²) in [5, 5.41) is 3.80. The number of rotatable bonds is 5. The van der Waals surface area contributed by atoms with Crippen molar-refractivity contribution >= 4 is 10.0 Å². The molecule has 1 fully saturated rings. The predicted molar refractivity (Wildman–Crippen MR) is 92.0 cm³/mol. The van der Waals surface area contributed by atoms with E-state index in [9.17, 15) is 12.8 Å². The summed E-state index contributed by atoms with van der Waals surface area (Å²) in [7, 11) is -3.74. The highest BCUT2D eigenvalue weighted by molar-refractivity contribution is 7.89. The zero-order valence-corrected chi connectivity index (χ0v) is 15.4. The van der Waals surface area contributed by atoms with Crippen LogP contribution in [-0.2, 0) is 16.6 Å². The van der Waals surface area contributed by atoms with Gasteiger partial charge in [0, 0.05) is 12.6 Å². The van der Waals surface area contributed by atoms with Crippen LogP contribution in [0.25, 0.3) is 0 Å². The van der Waals surface area contributed by atoms with Crippen molar-refractivity contribution in [1.82, 2.24) is 9.46 Å². The monoisotopic (exact) mass is 366 g/mol. The highest BCUT2D eigenvalue weighted by Gasteiger charge is 2.36. The Balaban J connectivity index is 1.99. The lowest BCUT2D eigenvalue weighted by atomic mass is 9.95. The summed E-state index contributed by atoms with van der Waals surface area (Å²) in [6, 6.07) is 5.92. The van der Waals surface area contributed by atoms with Crippen molar-refractivity contribution < 1.29 is 17.3 Å². The van der Waals surface area contributed by atoms with Gasteiger partial charge in [-0.05, 0) is 44.4 Å². The molecule has 0 N–H and O–H groups in total. The van der Waals surface area contributed by atoms with Crippen LogP contribution in [0, 0.1) is 19.7 Å². The van der Waals surface area contributed by atoms with E-state index < -0.39 is 10.0 Å². The van der Waals surface area contributed by atoms with E-state index in [0.29, 0.717) is 11.5 Å². The largest absolute Gasteiger partial charge is 0.360 e. The molecular formula is C18H23FN2O3S. The quantitative estimate of drug-likeness (QED) is 0.804. The average Bonchev–Trinajstić information content (AvgIpc) is 2.94. The topological polar surface area (TPSA) is 63.4 Å². The van der Waals surface area contributed by atoms with Gasteiger partial charge in [-0.3, -0.25) is 0 Å². The van der Waals surface area contributed by atoms with Gasteiger partial charge in [0.25, 0.3) is 0 Å². The summed E-state index contributed by atoms with van der Waals surface area (Å²) < 4.78 is 46.5. The van der Waals surface area contributed by atoms with Crippen molar-refractivity contribution in [3.05, 3.63) is 47.1 Å². The minimum atomic E-state index is -3.74. The standard InChI is InChI=1S/C18H23FN2O3S/c1-13-18(14(2)24-20-13)25(22,23)21(17-6-4-3-5-7-17)12-15-8-10-16(19)11-9-15/h8-11,17H,3-7,12H2,1-2H3. The molecule has 1 aromatic carbocycles. The zero-order chi connectivity index (χ0) is 18.0. The first-order valence-electron chi connectivity index (χ1n) is 8.59. The number of hydrogen-bond acceptors (Lipinski definition) is 4. The maximum absolute atomic E-state index is 13.4. The first kappa shape index (κ1) is 18.1. The normalized spacial score (nSPS) is 16.5. The van der Waals surface area contributed by atoms with Gasteiger partial charge in [0.2, 0.25) is 10.0 Å². The fourth-order valence-corrected chi connectivity index (χ4v) is 5.48. The van der Waals surface area contributed by atoms with Gasteiger partial charge in [0.1, 0.15) is 16.4 Å². The smallest absolute Gasteiger partial charge is 0.249 e. The lowest BCUT2D eigenvalue weighted by molar-refractivity contribution is 0.247. The number of aromatic nitrogens is 1. The Kier molecular flexibility index (Phi) is 5.24. The molecule has 0 atom stereocenters. The summed E-state index contributed by atoms with van der Waals surface area (Å²) >= 11 is 0. The van der Waals surface area contributed by atoms with Crippen LogP contribution in [0.5, 0.6) is 0 Å². The number of hydrogen-bond donors (Lipinski definition) is 0. The molecule has 0 amide bonds. The number of nitrogens with zero attached hydrogens (tertiary/aromatic N) is 2.